The zero-order chi connectivity index (χ0) is 10.5. The SMILES string of the molecule is CCn1cncc1COc1ccccc1. The first kappa shape index (κ1) is 9.77. The lowest BCUT2D eigenvalue weighted by atomic mass is 10.3. The summed E-state index contributed by atoms with van der Waals surface area (Å²) in [5, 5.41) is 0. The predicted molar refractivity (Wildman–Crippen MR) is 58.7 cm³/mol. The summed E-state index contributed by atoms with van der Waals surface area (Å²) >= 11 is 0. The van der Waals surface area contributed by atoms with Gasteiger partial charge in [-0.15, -0.1) is 0 Å². The molecule has 3 heteroatoms. The van der Waals surface area contributed by atoms with Gasteiger partial charge >= 0.3 is 0 Å². The minimum atomic E-state index is 0.567. The summed E-state index contributed by atoms with van der Waals surface area (Å²) < 4.78 is 7.70. The Morgan fingerprint density at radius 1 is 1.27 bits per heavy atom. The van der Waals surface area contributed by atoms with Crippen molar-refractivity contribution in [3.05, 3.63) is 48.5 Å². The fraction of sp³-hybridized carbons (Fsp3) is 0.250. The highest BCUT2D eigenvalue weighted by Crippen LogP contribution is 2.11. The molecule has 2 aromatic rings. The second-order valence-corrected chi connectivity index (χ2v) is 3.27. The highest BCUT2D eigenvalue weighted by atomic mass is 16.5. The quantitative estimate of drug-likeness (QED) is 0.761. The van der Waals surface area contributed by atoms with E-state index in [0.717, 1.165) is 18.0 Å². The lowest BCUT2D eigenvalue weighted by molar-refractivity contribution is 0.295. The molecule has 1 aromatic heterocycles. The van der Waals surface area contributed by atoms with Crippen LogP contribution in [0, 0.1) is 0 Å². The first-order valence-corrected chi connectivity index (χ1v) is 5.07. The van der Waals surface area contributed by atoms with E-state index in [1.807, 2.05) is 42.9 Å². The number of hydrogen-bond donors (Lipinski definition) is 0. The Kier molecular flexibility index (Phi) is 3.02. The molecule has 0 aliphatic rings. The van der Waals surface area contributed by atoms with Crippen molar-refractivity contribution in [3.63, 3.8) is 0 Å². The molecule has 0 saturated carbocycles. The zero-order valence-corrected chi connectivity index (χ0v) is 8.76. The second-order valence-electron chi connectivity index (χ2n) is 3.27. The largest absolute Gasteiger partial charge is 0.487 e. The molecule has 1 aromatic carbocycles. The minimum Gasteiger partial charge on any atom is -0.487 e. The topological polar surface area (TPSA) is 27.1 Å². The maximum absolute atomic E-state index is 5.63. The standard InChI is InChI=1S/C12H14N2O/c1-2-14-10-13-8-11(14)9-15-12-6-4-3-5-7-12/h3-8,10H,2,9H2,1H3. The number of rotatable bonds is 4. The zero-order valence-electron chi connectivity index (χ0n) is 8.76. The van der Waals surface area contributed by atoms with Gasteiger partial charge in [-0.25, -0.2) is 4.98 Å². The highest BCUT2D eigenvalue weighted by molar-refractivity contribution is 5.21. The third kappa shape index (κ3) is 2.37. The van der Waals surface area contributed by atoms with Crippen LogP contribution in [0.25, 0.3) is 0 Å². The van der Waals surface area contributed by atoms with Crippen molar-refractivity contribution in [2.45, 2.75) is 20.1 Å². The molecule has 0 fully saturated rings. The van der Waals surface area contributed by atoms with Gasteiger partial charge in [0.15, 0.2) is 0 Å². The van der Waals surface area contributed by atoms with E-state index in [4.69, 9.17) is 4.74 Å². The summed E-state index contributed by atoms with van der Waals surface area (Å²) in [7, 11) is 0. The van der Waals surface area contributed by atoms with Gasteiger partial charge in [-0.1, -0.05) is 18.2 Å². The van der Waals surface area contributed by atoms with Crippen molar-refractivity contribution in [2.75, 3.05) is 0 Å². The van der Waals surface area contributed by atoms with Crippen molar-refractivity contribution in [2.24, 2.45) is 0 Å². The molecule has 2 rings (SSSR count). The molecule has 0 unspecified atom stereocenters. The van der Waals surface area contributed by atoms with E-state index in [0.29, 0.717) is 6.61 Å². The Balaban J connectivity index is 1.99. The summed E-state index contributed by atoms with van der Waals surface area (Å²) in [6, 6.07) is 9.81. The van der Waals surface area contributed by atoms with Gasteiger partial charge in [0.1, 0.15) is 12.4 Å². The third-order valence-corrected chi connectivity index (χ3v) is 2.27. The molecule has 1 heterocycles. The van der Waals surface area contributed by atoms with Gasteiger partial charge in [-0.05, 0) is 19.1 Å². The van der Waals surface area contributed by atoms with Gasteiger partial charge in [0.05, 0.1) is 18.2 Å². The fourth-order valence-corrected chi connectivity index (χ4v) is 1.43. The lowest BCUT2D eigenvalue weighted by Gasteiger charge is -2.07. The maximum Gasteiger partial charge on any atom is 0.130 e. The van der Waals surface area contributed by atoms with E-state index in [2.05, 4.69) is 16.5 Å². The normalized spacial score (nSPS) is 10.2. The van der Waals surface area contributed by atoms with Gasteiger partial charge in [-0.2, -0.15) is 0 Å². The Morgan fingerprint density at radius 3 is 2.80 bits per heavy atom. The number of nitrogens with zero attached hydrogens (tertiary/aromatic N) is 2. The van der Waals surface area contributed by atoms with Crippen molar-refractivity contribution < 1.29 is 4.74 Å². The molecule has 0 spiro atoms. The van der Waals surface area contributed by atoms with Crippen LogP contribution >= 0.6 is 0 Å². The van der Waals surface area contributed by atoms with Crippen LogP contribution in [0.2, 0.25) is 0 Å². The monoisotopic (exact) mass is 202 g/mol. The Labute approximate surface area is 89.3 Å². The van der Waals surface area contributed by atoms with Gasteiger partial charge in [0.2, 0.25) is 0 Å². The second kappa shape index (κ2) is 4.64. The summed E-state index contributed by atoms with van der Waals surface area (Å²) in [6.45, 7) is 3.58. The molecule has 0 N–H and O–H groups in total. The molecule has 0 aliphatic carbocycles. The van der Waals surface area contributed by atoms with Crippen LogP contribution in [-0.2, 0) is 13.2 Å². The summed E-state index contributed by atoms with van der Waals surface area (Å²) in [6.07, 6.45) is 3.66. The molecule has 0 radical (unpaired) electrons. The van der Waals surface area contributed by atoms with Crippen LogP contribution in [0.3, 0.4) is 0 Å². The van der Waals surface area contributed by atoms with Crippen LogP contribution < -0.4 is 4.74 Å². The van der Waals surface area contributed by atoms with E-state index in [9.17, 15) is 0 Å². The highest BCUT2D eigenvalue weighted by Gasteiger charge is 2.00. The summed E-state index contributed by atoms with van der Waals surface area (Å²) in [4.78, 5) is 4.09. The van der Waals surface area contributed by atoms with E-state index < -0.39 is 0 Å². The van der Waals surface area contributed by atoms with E-state index >= 15 is 0 Å². The van der Waals surface area contributed by atoms with Crippen LogP contribution in [0.1, 0.15) is 12.6 Å². The number of para-hydroxylation sites is 1. The molecule has 3 nitrogen and oxygen atoms in total. The summed E-state index contributed by atoms with van der Waals surface area (Å²) in [5.41, 5.74) is 1.10. The van der Waals surface area contributed by atoms with Gasteiger partial charge in [0.25, 0.3) is 0 Å². The van der Waals surface area contributed by atoms with Crippen LogP contribution in [-0.4, -0.2) is 9.55 Å². The van der Waals surface area contributed by atoms with Crippen molar-refractivity contribution in [3.8, 4) is 5.75 Å². The molecular formula is C12H14N2O. The average Bonchev–Trinajstić information content (AvgIpc) is 2.75. The first-order chi connectivity index (χ1) is 7.40. The van der Waals surface area contributed by atoms with Crippen LogP contribution in [0.15, 0.2) is 42.9 Å². The van der Waals surface area contributed by atoms with E-state index in [1.165, 1.54) is 0 Å². The summed E-state index contributed by atoms with van der Waals surface area (Å²) in [5.74, 6) is 0.890. The van der Waals surface area contributed by atoms with E-state index in [1.54, 1.807) is 0 Å². The van der Waals surface area contributed by atoms with Gasteiger partial charge in [0, 0.05) is 6.54 Å². The number of ether oxygens (including phenoxy) is 1. The number of hydrogen-bond acceptors (Lipinski definition) is 2. The Hall–Kier alpha value is -1.77. The molecule has 78 valence electrons. The molecular weight excluding hydrogens is 188 g/mol. The molecule has 0 amide bonds. The maximum atomic E-state index is 5.63. The van der Waals surface area contributed by atoms with Crippen LogP contribution in [0.4, 0.5) is 0 Å². The molecule has 15 heavy (non-hydrogen) atoms. The average molecular weight is 202 g/mol. The van der Waals surface area contributed by atoms with Crippen LogP contribution in [0.5, 0.6) is 5.75 Å². The predicted octanol–water partition coefficient (Wildman–Crippen LogP) is 2.48. The number of aryl methyl sites for hydroxylation is 1. The number of benzene rings is 1. The molecule has 0 atom stereocenters. The molecule has 0 bridgehead atoms. The third-order valence-electron chi connectivity index (χ3n) is 2.27. The fourth-order valence-electron chi connectivity index (χ4n) is 1.43. The number of aromatic nitrogens is 2. The smallest absolute Gasteiger partial charge is 0.130 e. The van der Waals surface area contributed by atoms with E-state index in [-0.39, 0.29) is 0 Å². The Morgan fingerprint density at radius 2 is 2.07 bits per heavy atom. The number of imidazole rings is 1. The van der Waals surface area contributed by atoms with Gasteiger partial charge < -0.3 is 9.30 Å². The lowest BCUT2D eigenvalue weighted by Crippen LogP contribution is -2.03. The van der Waals surface area contributed by atoms with Crippen molar-refractivity contribution in [1.29, 1.82) is 0 Å². The molecule has 0 saturated heterocycles. The first-order valence-electron chi connectivity index (χ1n) is 5.07. The molecule has 0 aliphatic heterocycles. The minimum absolute atomic E-state index is 0.567. The Bertz CT molecular complexity index is 409. The van der Waals surface area contributed by atoms with Crippen molar-refractivity contribution >= 4 is 0 Å². The van der Waals surface area contributed by atoms with Crippen molar-refractivity contribution in [1.82, 2.24) is 9.55 Å². The van der Waals surface area contributed by atoms with Gasteiger partial charge in [-0.3, -0.25) is 0 Å².